The van der Waals surface area contributed by atoms with Gasteiger partial charge in [-0.3, -0.25) is 5.10 Å². The van der Waals surface area contributed by atoms with Crippen LogP contribution >= 0.6 is 0 Å². The maximum atomic E-state index is 11.7. The number of hydrogen-bond acceptors (Lipinski definition) is 4. The third-order valence-corrected chi connectivity index (χ3v) is 4.04. The fourth-order valence-corrected chi connectivity index (χ4v) is 2.94. The topological polar surface area (TPSA) is 84.1 Å². The normalized spacial score (nSPS) is 13.7. The summed E-state index contributed by atoms with van der Waals surface area (Å²) < 4.78 is 31.3. The van der Waals surface area contributed by atoms with E-state index in [4.69, 9.17) is 4.74 Å². The maximum Gasteiger partial charge on any atom is 0.211 e. The van der Waals surface area contributed by atoms with Crippen LogP contribution in [0.2, 0.25) is 0 Å². The van der Waals surface area contributed by atoms with Crippen molar-refractivity contribution in [2.75, 3.05) is 25.5 Å². The minimum atomic E-state index is -3.23. The Hall–Kier alpha value is -0.920. The van der Waals surface area contributed by atoms with Crippen LogP contribution in [0, 0.1) is 5.92 Å². The van der Waals surface area contributed by atoms with Gasteiger partial charge in [-0.15, -0.1) is 0 Å². The molecule has 0 aromatic carbocycles. The van der Waals surface area contributed by atoms with Gasteiger partial charge in [0.15, 0.2) is 0 Å². The molecule has 2 N–H and O–H groups in total. The zero-order valence-corrected chi connectivity index (χ0v) is 11.7. The highest BCUT2D eigenvalue weighted by atomic mass is 32.2. The number of aromatic nitrogens is 2. The fraction of sp³-hybridized carbons (Fsp3) is 0.727. The standard InChI is InChI=1S/C11H21N3O3S/c1-3-17-8-10(2)9-18(15,16)13-7-5-11-4-6-12-14-11/h4,6,10,13H,3,5,7-9H2,1-2H3,(H,12,14). The van der Waals surface area contributed by atoms with Crippen LogP contribution in [-0.4, -0.2) is 44.1 Å². The first-order chi connectivity index (χ1) is 8.53. The monoisotopic (exact) mass is 275 g/mol. The molecule has 0 fully saturated rings. The first-order valence-corrected chi connectivity index (χ1v) is 7.72. The molecule has 104 valence electrons. The molecular formula is C11H21N3O3S. The van der Waals surface area contributed by atoms with Gasteiger partial charge in [0, 0.05) is 31.5 Å². The molecule has 0 saturated carbocycles. The lowest BCUT2D eigenvalue weighted by molar-refractivity contribution is 0.122. The molecule has 0 amide bonds. The van der Waals surface area contributed by atoms with Crippen LogP contribution in [-0.2, 0) is 21.2 Å². The van der Waals surface area contributed by atoms with E-state index in [9.17, 15) is 8.42 Å². The van der Waals surface area contributed by atoms with E-state index < -0.39 is 10.0 Å². The third kappa shape index (κ3) is 6.13. The molecule has 7 heteroatoms. The minimum Gasteiger partial charge on any atom is -0.381 e. The molecule has 1 unspecified atom stereocenters. The second-order valence-corrected chi connectivity index (χ2v) is 6.12. The number of sulfonamides is 1. The number of rotatable bonds is 9. The van der Waals surface area contributed by atoms with E-state index in [0.29, 0.717) is 26.2 Å². The molecule has 1 aromatic rings. The van der Waals surface area contributed by atoms with Gasteiger partial charge in [0.2, 0.25) is 10.0 Å². The summed E-state index contributed by atoms with van der Waals surface area (Å²) in [5, 5.41) is 6.59. The maximum absolute atomic E-state index is 11.7. The Morgan fingerprint density at radius 1 is 1.56 bits per heavy atom. The van der Waals surface area contributed by atoms with Gasteiger partial charge in [0.25, 0.3) is 0 Å². The Kier molecular flexibility index (Phi) is 6.31. The van der Waals surface area contributed by atoms with Gasteiger partial charge in [-0.2, -0.15) is 5.10 Å². The third-order valence-electron chi connectivity index (χ3n) is 2.39. The summed E-state index contributed by atoms with van der Waals surface area (Å²) in [7, 11) is -3.23. The van der Waals surface area contributed by atoms with Gasteiger partial charge in [0.05, 0.1) is 12.4 Å². The lowest BCUT2D eigenvalue weighted by atomic mass is 10.2. The molecule has 0 bridgehead atoms. The number of H-pyrrole nitrogens is 1. The van der Waals surface area contributed by atoms with Crippen LogP contribution in [0.25, 0.3) is 0 Å². The van der Waals surface area contributed by atoms with Gasteiger partial charge in [0.1, 0.15) is 0 Å². The molecule has 0 radical (unpaired) electrons. The molecule has 0 saturated heterocycles. The summed E-state index contributed by atoms with van der Waals surface area (Å²) in [6, 6.07) is 1.83. The number of nitrogens with zero attached hydrogens (tertiary/aromatic N) is 1. The number of hydrogen-bond donors (Lipinski definition) is 2. The molecule has 0 aliphatic carbocycles. The highest BCUT2D eigenvalue weighted by Crippen LogP contribution is 2.01. The number of aromatic amines is 1. The van der Waals surface area contributed by atoms with Crippen molar-refractivity contribution in [2.24, 2.45) is 5.92 Å². The quantitative estimate of drug-likeness (QED) is 0.689. The lowest BCUT2D eigenvalue weighted by Gasteiger charge is -2.12. The minimum absolute atomic E-state index is 0.00500. The molecular weight excluding hydrogens is 254 g/mol. The zero-order valence-electron chi connectivity index (χ0n) is 10.8. The molecule has 6 nitrogen and oxygen atoms in total. The second kappa shape index (κ2) is 7.50. The second-order valence-electron chi connectivity index (χ2n) is 4.27. The molecule has 0 aliphatic rings. The summed E-state index contributed by atoms with van der Waals surface area (Å²) in [6.07, 6.45) is 2.26. The van der Waals surface area contributed by atoms with E-state index in [1.807, 2.05) is 19.9 Å². The van der Waals surface area contributed by atoms with Crippen molar-refractivity contribution in [1.82, 2.24) is 14.9 Å². The molecule has 1 aromatic heterocycles. The van der Waals surface area contributed by atoms with Crippen LogP contribution in [0.15, 0.2) is 12.3 Å². The van der Waals surface area contributed by atoms with Crippen molar-refractivity contribution >= 4 is 10.0 Å². The van der Waals surface area contributed by atoms with Crippen molar-refractivity contribution in [3.63, 3.8) is 0 Å². The van der Waals surface area contributed by atoms with Crippen LogP contribution < -0.4 is 4.72 Å². The van der Waals surface area contributed by atoms with Gasteiger partial charge in [-0.1, -0.05) is 6.92 Å². The average molecular weight is 275 g/mol. The first-order valence-electron chi connectivity index (χ1n) is 6.07. The summed E-state index contributed by atoms with van der Waals surface area (Å²) >= 11 is 0. The number of nitrogens with one attached hydrogen (secondary N) is 2. The fourth-order valence-electron chi connectivity index (χ4n) is 1.57. The van der Waals surface area contributed by atoms with E-state index in [-0.39, 0.29) is 11.7 Å². The molecule has 1 atom stereocenters. The predicted octanol–water partition coefficient (Wildman–Crippen LogP) is 0.544. The SMILES string of the molecule is CCOCC(C)CS(=O)(=O)NCCc1ccn[nH]1. The van der Waals surface area contributed by atoms with Crippen LogP contribution in [0.4, 0.5) is 0 Å². The summed E-state index contributed by atoms with van der Waals surface area (Å²) in [4.78, 5) is 0. The van der Waals surface area contributed by atoms with Gasteiger partial charge < -0.3 is 4.74 Å². The van der Waals surface area contributed by atoms with E-state index in [2.05, 4.69) is 14.9 Å². The largest absolute Gasteiger partial charge is 0.381 e. The van der Waals surface area contributed by atoms with Crippen molar-refractivity contribution < 1.29 is 13.2 Å². The highest BCUT2D eigenvalue weighted by Gasteiger charge is 2.15. The average Bonchev–Trinajstić information content (AvgIpc) is 2.78. The van der Waals surface area contributed by atoms with Gasteiger partial charge >= 0.3 is 0 Å². The number of ether oxygens (including phenoxy) is 1. The Bertz CT molecular complexity index is 417. The molecule has 0 spiro atoms. The van der Waals surface area contributed by atoms with Crippen LogP contribution in [0.1, 0.15) is 19.5 Å². The first kappa shape index (κ1) is 15.1. The van der Waals surface area contributed by atoms with E-state index in [1.165, 1.54) is 0 Å². The van der Waals surface area contributed by atoms with E-state index in [0.717, 1.165) is 5.69 Å². The Labute approximate surface area is 108 Å². The van der Waals surface area contributed by atoms with Crippen LogP contribution in [0.3, 0.4) is 0 Å². The lowest BCUT2D eigenvalue weighted by Crippen LogP contribution is -2.32. The van der Waals surface area contributed by atoms with Crippen molar-refractivity contribution in [3.05, 3.63) is 18.0 Å². The molecule has 18 heavy (non-hydrogen) atoms. The van der Waals surface area contributed by atoms with Gasteiger partial charge in [-0.05, 0) is 18.9 Å². The van der Waals surface area contributed by atoms with E-state index in [1.54, 1.807) is 6.20 Å². The molecule has 1 heterocycles. The predicted molar refractivity (Wildman–Crippen MR) is 69.7 cm³/mol. The Morgan fingerprint density at radius 2 is 2.33 bits per heavy atom. The smallest absolute Gasteiger partial charge is 0.211 e. The summed E-state index contributed by atoms with van der Waals surface area (Å²) in [5.41, 5.74) is 0.917. The Balaban J connectivity index is 2.26. The zero-order chi connectivity index (χ0) is 13.4. The van der Waals surface area contributed by atoms with Crippen molar-refractivity contribution in [2.45, 2.75) is 20.3 Å². The highest BCUT2D eigenvalue weighted by molar-refractivity contribution is 7.89. The molecule has 1 rings (SSSR count). The summed E-state index contributed by atoms with van der Waals surface area (Å²) in [5.74, 6) is 0.0882. The van der Waals surface area contributed by atoms with Crippen LogP contribution in [0.5, 0.6) is 0 Å². The van der Waals surface area contributed by atoms with E-state index >= 15 is 0 Å². The summed E-state index contributed by atoms with van der Waals surface area (Å²) in [6.45, 7) is 5.22. The Morgan fingerprint density at radius 3 is 2.94 bits per heavy atom. The van der Waals surface area contributed by atoms with Crippen molar-refractivity contribution in [3.8, 4) is 0 Å². The molecule has 0 aliphatic heterocycles. The van der Waals surface area contributed by atoms with Crippen molar-refractivity contribution in [1.29, 1.82) is 0 Å². The van der Waals surface area contributed by atoms with Gasteiger partial charge in [-0.25, -0.2) is 13.1 Å².